The van der Waals surface area contributed by atoms with Gasteiger partial charge in [-0.2, -0.15) is 0 Å². The molecule has 0 heterocycles. The van der Waals surface area contributed by atoms with Crippen molar-refractivity contribution >= 4 is 5.91 Å². The van der Waals surface area contributed by atoms with Crippen molar-refractivity contribution in [1.29, 1.82) is 0 Å². The Hall–Kier alpha value is -1.05. The molecule has 0 radical (unpaired) electrons. The van der Waals surface area contributed by atoms with Crippen LogP contribution in [0.15, 0.2) is 23.8 Å². The number of carbonyl (C=O) groups excluding carboxylic acids is 1. The van der Waals surface area contributed by atoms with Gasteiger partial charge in [-0.15, -0.1) is 0 Å². The molecule has 0 aliphatic heterocycles. The lowest BCUT2D eigenvalue weighted by Gasteiger charge is -2.26. The molecule has 1 N–H and O–H groups in total. The van der Waals surface area contributed by atoms with E-state index in [1.165, 1.54) is 5.57 Å². The second kappa shape index (κ2) is 5.33. The van der Waals surface area contributed by atoms with E-state index in [2.05, 4.69) is 44.3 Å². The number of nitrogens with one attached hydrogen (secondary N) is 1. The molecule has 0 saturated carbocycles. The van der Waals surface area contributed by atoms with E-state index in [4.69, 9.17) is 0 Å². The van der Waals surface area contributed by atoms with Crippen LogP contribution in [0.4, 0.5) is 0 Å². The Balaban J connectivity index is 2.41. The first-order chi connectivity index (χ1) is 7.41. The van der Waals surface area contributed by atoms with Gasteiger partial charge in [-0.3, -0.25) is 4.79 Å². The summed E-state index contributed by atoms with van der Waals surface area (Å²) in [6.45, 7) is 8.93. The van der Waals surface area contributed by atoms with Crippen LogP contribution < -0.4 is 5.32 Å². The lowest BCUT2D eigenvalue weighted by molar-refractivity contribution is -0.127. The fourth-order valence-electron chi connectivity index (χ4n) is 1.53. The predicted octanol–water partition coefficient (Wildman–Crippen LogP) is 3.06. The quantitative estimate of drug-likeness (QED) is 0.779. The number of carbonyl (C=O) groups is 1. The highest BCUT2D eigenvalue weighted by atomic mass is 16.1. The monoisotopic (exact) mass is 221 g/mol. The van der Waals surface area contributed by atoms with Gasteiger partial charge in [0.25, 0.3) is 0 Å². The van der Waals surface area contributed by atoms with Crippen LogP contribution in [0.25, 0.3) is 0 Å². The molecule has 0 aromatic heterocycles. The topological polar surface area (TPSA) is 29.1 Å². The molecule has 1 aliphatic rings. The Morgan fingerprint density at radius 3 is 2.62 bits per heavy atom. The molecule has 1 unspecified atom stereocenters. The Morgan fingerprint density at radius 2 is 2.12 bits per heavy atom. The zero-order valence-electron chi connectivity index (χ0n) is 10.8. The van der Waals surface area contributed by atoms with E-state index in [-0.39, 0.29) is 17.2 Å². The Morgan fingerprint density at radius 1 is 1.44 bits per heavy atom. The van der Waals surface area contributed by atoms with E-state index in [1.807, 2.05) is 6.92 Å². The minimum Gasteiger partial charge on any atom is -0.352 e. The smallest absolute Gasteiger partial charge is 0.223 e. The van der Waals surface area contributed by atoms with Gasteiger partial charge < -0.3 is 5.32 Å². The van der Waals surface area contributed by atoms with Crippen LogP contribution in [0.5, 0.6) is 0 Å². The van der Waals surface area contributed by atoms with Crippen molar-refractivity contribution in [2.45, 2.75) is 40.5 Å². The van der Waals surface area contributed by atoms with Gasteiger partial charge >= 0.3 is 0 Å². The average molecular weight is 221 g/mol. The SMILES string of the molecule is CC(C(=O)NCC1=CCCC=C1)C(C)(C)C. The van der Waals surface area contributed by atoms with Crippen LogP contribution >= 0.6 is 0 Å². The second-order valence-electron chi connectivity index (χ2n) is 5.56. The van der Waals surface area contributed by atoms with Gasteiger partial charge in [0.05, 0.1) is 0 Å². The van der Waals surface area contributed by atoms with Crippen LogP contribution in [-0.2, 0) is 4.79 Å². The number of hydrogen-bond donors (Lipinski definition) is 1. The molecule has 0 saturated heterocycles. The number of allylic oxidation sites excluding steroid dienone is 2. The van der Waals surface area contributed by atoms with Crippen LogP contribution in [0.2, 0.25) is 0 Å². The molecule has 0 fully saturated rings. The molecule has 2 nitrogen and oxygen atoms in total. The normalized spacial score (nSPS) is 17.9. The van der Waals surface area contributed by atoms with Crippen molar-refractivity contribution in [3.05, 3.63) is 23.8 Å². The highest BCUT2D eigenvalue weighted by Gasteiger charge is 2.26. The minimum absolute atomic E-state index is 0.0286. The van der Waals surface area contributed by atoms with E-state index >= 15 is 0 Å². The molecule has 16 heavy (non-hydrogen) atoms. The Kier molecular flexibility index (Phi) is 4.34. The van der Waals surface area contributed by atoms with Gasteiger partial charge in [-0.1, -0.05) is 45.9 Å². The third-order valence-electron chi connectivity index (χ3n) is 3.23. The molecule has 1 aliphatic carbocycles. The maximum absolute atomic E-state index is 11.9. The molecular formula is C14H23NO. The number of hydrogen-bond acceptors (Lipinski definition) is 1. The van der Waals surface area contributed by atoms with Crippen molar-refractivity contribution in [3.8, 4) is 0 Å². The number of rotatable bonds is 3. The molecule has 90 valence electrons. The molecule has 0 aromatic carbocycles. The molecule has 0 bridgehead atoms. The van der Waals surface area contributed by atoms with E-state index in [0.717, 1.165) is 12.8 Å². The van der Waals surface area contributed by atoms with E-state index in [0.29, 0.717) is 6.54 Å². The van der Waals surface area contributed by atoms with Crippen molar-refractivity contribution < 1.29 is 4.79 Å². The summed E-state index contributed by atoms with van der Waals surface area (Å²) in [6.07, 6.45) is 8.68. The summed E-state index contributed by atoms with van der Waals surface area (Å²) in [4.78, 5) is 11.9. The van der Waals surface area contributed by atoms with Crippen molar-refractivity contribution in [2.75, 3.05) is 6.54 Å². The zero-order chi connectivity index (χ0) is 12.2. The van der Waals surface area contributed by atoms with Crippen molar-refractivity contribution in [1.82, 2.24) is 5.32 Å². The minimum atomic E-state index is 0.0286. The maximum Gasteiger partial charge on any atom is 0.223 e. The van der Waals surface area contributed by atoms with Crippen LogP contribution in [0.3, 0.4) is 0 Å². The first kappa shape index (κ1) is 13.0. The molecule has 0 spiro atoms. The summed E-state index contributed by atoms with van der Waals surface area (Å²) in [6, 6.07) is 0. The Bertz CT molecular complexity index is 307. The predicted molar refractivity (Wildman–Crippen MR) is 68.1 cm³/mol. The third kappa shape index (κ3) is 3.84. The van der Waals surface area contributed by atoms with Crippen LogP contribution in [-0.4, -0.2) is 12.5 Å². The second-order valence-corrected chi connectivity index (χ2v) is 5.56. The van der Waals surface area contributed by atoms with Gasteiger partial charge in [0, 0.05) is 12.5 Å². The standard InChI is InChI=1S/C14H23NO/c1-11(14(2,3)4)13(16)15-10-12-8-6-5-7-9-12/h6,8-9,11H,5,7,10H2,1-4H3,(H,15,16). The largest absolute Gasteiger partial charge is 0.352 e. The van der Waals surface area contributed by atoms with Crippen molar-refractivity contribution in [2.24, 2.45) is 11.3 Å². The number of amides is 1. The van der Waals surface area contributed by atoms with Crippen LogP contribution in [0, 0.1) is 11.3 Å². The van der Waals surface area contributed by atoms with Gasteiger partial charge in [0.2, 0.25) is 5.91 Å². The van der Waals surface area contributed by atoms with Gasteiger partial charge in [0.15, 0.2) is 0 Å². The first-order valence-corrected chi connectivity index (χ1v) is 6.04. The van der Waals surface area contributed by atoms with E-state index in [1.54, 1.807) is 0 Å². The summed E-state index contributed by atoms with van der Waals surface area (Å²) < 4.78 is 0. The van der Waals surface area contributed by atoms with Gasteiger partial charge in [0.1, 0.15) is 0 Å². The summed E-state index contributed by atoms with van der Waals surface area (Å²) in [5, 5.41) is 3.00. The Labute approximate surface area is 98.8 Å². The highest BCUT2D eigenvalue weighted by molar-refractivity contribution is 5.79. The molecule has 2 heteroatoms. The summed E-state index contributed by atoms with van der Waals surface area (Å²) in [5.74, 6) is 0.188. The zero-order valence-corrected chi connectivity index (χ0v) is 10.8. The lowest BCUT2D eigenvalue weighted by Crippen LogP contribution is -2.37. The molecule has 1 atom stereocenters. The molecule has 1 rings (SSSR count). The van der Waals surface area contributed by atoms with Crippen molar-refractivity contribution in [3.63, 3.8) is 0 Å². The van der Waals surface area contributed by atoms with E-state index < -0.39 is 0 Å². The first-order valence-electron chi connectivity index (χ1n) is 6.04. The van der Waals surface area contributed by atoms with Crippen LogP contribution in [0.1, 0.15) is 40.5 Å². The van der Waals surface area contributed by atoms with Gasteiger partial charge in [-0.05, 0) is 23.8 Å². The molecule has 1 amide bonds. The van der Waals surface area contributed by atoms with Gasteiger partial charge in [-0.25, -0.2) is 0 Å². The lowest BCUT2D eigenvalue weighted by atomic mass is 9.81. The van der Waals surface area contributed by atoms with E-state index in [9.17, 15) is 4.79 Å². The summed E-state index contributed by atoms with van der Waals surface area (Å²) >= 11 is 0. The summed E-state index contributed by atoms with van der Waals surface area (Å²) in [5.41, 5.74) is 1.25. The average Bonchev–Trinajstić information content (AvgIpc) is 2.25. The molecule has 0 aromatic rings. The fourth-order valence-corrected chi connectivity index (χ4v) is 1.53. The fraction of sp³-hybridized carbons (Fsp3) is 0.643. The summed E-state index contributed by atoms with van der Waals surface area (Å²) in [7, 11) is 0. The molecular weight excluding hydrogens is 198 g/mol. The third-order valence-corrected chi connectivity index (χ3v) is 3.23. The highest BCUT2D eigenvalue weighted by Crippen LogP contribution is 2.25. The maximum atomic E-state index is 11.9.